The fourth-order valence-corrected chi connectivity index (χ4v) is 3.88. The fraction of sp³-hybridized carbons (Fsp3) is 0.158. The van der Waals surface area contributed by atoms with Crippen molar-refractivity contribution in [1.82, 2.24) is 24.6 Å². The molecule has 2 unspecified atom stereocenters. The fourth-order valence-electron chi connectivity index (χ4n) is 3.60. The number of H-pyrrole nitrogens is 2. The van der Waals surface area contributed by atoms with Gasteiger partial charge in [-0.25, -0.2) is 14.3 Å². The van der Waals surface area contributed by atoms with Crippen molar-refractivity contribution in [2.45, 2.75) is 18.3 Å². The summed E-state index contributed by atoms with van der Waals surface area (Å²) in [5, 5.41) is 5.23. The highest BCUT2D eigenvalue weighted by Crippen LogP contribution is 2.56. The van der Waals surface area contributed by atoms with E-state index in [1.807, 2.05) is 30.3 Å². The van der Waals surface area contributed by atoms with Crippen LogP contribution >= 0.6 is 11.6 Å². The summed E-state index contributed by atoms with van der Waals surface area (Å²) in [5.74, 6) is 0.557. The highest BCUT2D eigenvalue weighted by molar-refractivity contribution is 6.31. The van der Waals surface area contributed by atoms with Crippen LogP contribution in [0.15, 0.2) is 58.5 Å². The van der Waals surface area contributed by atoms with E-state index in [-0.39, 0.29) is 5.92 Å². The van der Waals surface area contributed by atoms with Gasteiger partial charge in [0.1, 0.15) is 0 Å². The quantitative estimate of drug-likeness (QED) is 0.572. The summed E-state index contributed by atoms with van der Waals surface area (Å²) in [4.78, 5) is 32.6. The molecule has 1 fully saturated rings. The normalized spacial score (nSPS) is 18.7. The summed E-state index contributed by atoms with van der Waals surface area (Å²) in [5.41, 5.74) is 2.66. The lowest BCUT2D eigenvalue weighted by molar-refractivity contribution is 0.906. The second-order valence-corrected chi connectivity index (χ2v) is 7.04. The van der Waals surface area contributed by atoms with Gasteiger partial charge >= 0.3 is 5.69 Å². The number of hydrogen-bond acceptors (Lipinski definition) is 4. The van der Waals surface area contributed by atoms with Gasteiger partial charge in [0, 0.05) is 29.2 Å². The number of benzene rings is 1. The first-order valence-electron chi connectivity index (χ1n) is 8.53. The molecule has 3 heterocycles. The lowest BCUT2D eigenvalue weighted by Crippen LogP contribution is -2.23. The summed E-state index contributed by atoms with van der Waals surface area (Å²) in [6.07, 6.45) is 5.76. The summed E-state index contributed by atoms with van der Waals surface area (Å²) in [7, 11) is 0. The number of nitrogens with one attached hydrogen (secondary N) is 2. The molecule has 7 nitrogen and oxygen atoms in total. The van der Waals surface area contributed by atoms with Crippen molar-refractivity contribution in [3.63, 3.8) is 0 Å². The highest BCUT2D eigenvalue weighted by Gasteiger charge is 2.42. The number of aromatic nitrogens is 5. The number of aromatic amines is 2. The summed E-state index contributed by atoms with van der Waals surface area (Å²) in [6.45, 7) is 0. The molecule has 8 heteroatoms. The van der Waals surface area contributed by atoms with Crippen LogP contribution in [-0.4, -0.2) is 24.6 Å². The molecule has 134 valence electrons. The van der Waals surface area contributed by atoms with Crippen LogP contribution in [0.5, 0.6) is 0 Å². The smallest absolute Gasteiger partial charge is 0.313 e. The molecule has 0 bridgehead atoms. The van der Waals surface area contributed by atoms with E-state index in [9.17, 15) is 9.59 Å². The number of fused-ring (bicyclic) bond motifs is 1. The lowest BCUT2D eigenvalue weighted by atomic mass is 10.0. The average Bonchev–Trinajstić information content (AvgIpc) is 3.29. The Morgan fingerprint density at radius 3 is 2.78 bits per heavy atom. The average molecular weight is 380 g/mol. The molecular formula is C19H14ClN5O2. The largest absolute Gasteiger partial charge is 0.325 e. The molecule has 0 aliphatic heterocycles. The summed E-state index contributed by atoms with van der Waals surface area (Å²) < 4.78 is 1.66. The van der Waals surface area contributed by atoms with Crippen LogP contribution in [0, 0.1) is 0 Å². The van der Waals surface area contributed by atoms with Crippen molar-refractivity contribution in [3.8, 4) is 11.3 Å². The van der Waals surface area contributed by atoms with E-state index in [2.05, 4.69) is 20.1 Å². The third-order valence-electron chi connectivity index (χ3n) is 4.98. The van der Waals surface area contributed by atoms with Gasteiger partial charge < -0.3 is 4.98 Å². The predicted molar refractivity (Wildman–Crippen MR) is 101 cm³/mol. The Morgan fingerprint density at radius 2 is 1.96 bits per heavy atom. The first-order valence-corrected chi connectivity index (χ1v) is 8.90. The lowest BCUT2D eigenvalue weighted by Gasteiger charge is -2.08. The van der Waals surface area contributed by atoms with E-state index in [1.165, 1.54) is 6.20 Å². The molecule has 2 N–H and O–H groups in total. The van der Waals surface area contributed by atoms with E-state index in [4.69, 9.17) is 11.6 Å². The minimum Gasteiger partial charge on any atom is -0.313 e. The molecule has 2 atom stereocenters. The van der Waals surface area contributed by atoms with E-state index < -0.39 is 11.2 Å². The monoisotopic (exact) mass is 379 g/mol. The van der Waals surface area contributed by atoms with Gasteiger partial charge in [0.25, 0.3) is 5.56 Å². The Kier molecular flexibility index (Phi) is 3.51. The third-order valence-corrected chi connectivity index (χ3v) is 5.32. The van der Waals surface area contributed by atoms with Crippen LogP contribution in [-0.2, 0) is 0 Å². The van der Waals surface area contributed by atoms with E-state index in [0.29, 0.717) is 17.2 Å². The van der Waals surface area contributed by atoms with Crippen molar-refractivity contribution in [3.05, 3.63) is 85.9 Å². The topological polar surface area (TPSA) is 95.9 Å². The van der Waals surface area contributed by atoms with Crippen LogP contribution in [0.4, 0.5) is 0 Å². The summed E-state index contributed by atoms with van der Waals surface area (Å²) >= 11 is 6.36. The van der Waals surface area contributed by atoms with Gasteiger partial charge in [-0.1, -0.05) is 29.8 Å². The van der Waals surface area contributed by atoms with Gasteiger partial charge in [-0.3, -0.25) is 9.78 Å². The molecular weight excluding hydrogens is 366 g/mol. The van der Waals surface area contributed by atoms with Gasteiger partial charge in [0.15, 0.2) is 5.65 Å². The van der Waals surface area contributed by atoms with E-state index in [1.54, 1.807) is 16.9 Å². The Labute approximate surface area is 157 Å². The minimum atomic E-state index is -0.548. The minimum absolute atomic E-state index is 0.249. The first-order chi connectivity index (χ1) is 13.1. The Morgan fingerprint density at radius 1 is 1.15 bits per heavy atom. The molecule has 1 aliphatic rings. The number of hydrogen-bond donors (Lipinski definition) is 2. The maximum atomic E-state index is 12.2. The maximum Gasteiger partial charge on any atom is 0.325 e. The second-order valence-electron chi connectivity index (χ2n) is 6.64. The number of halogens is 1. The van der Waals surface area contributed by atoms with Crippen molar-refractivity contribution >= 4 is 17.2 Å². The summed E-state index contributed by atoms with van der Waals surface area (Å²) in [6, 6.07) is 9.73. The number of imidazole rings is 1. The van der Waals surface area contributed by atoms with Gasteiger partial charge in [-0.2, -0.15) is 5.10 Å². The van der Waals surface area contributed by atoms with Gasteiger partial charge in [0.2, 0.25) is 0 Å². The molecule has 3 aromatic heterocycles. The molecule has 0 radical (unpaired) electrons. The zero-order valence-corrected chi connectivity index (χ0v) is 14.8. The van der Waals surface area contributed by atoms with Crippen LogP contribution in [0.2, 0.25) is 5.02 Å². The van der Waals surface area contributed by atoms with Crippen LogP contribution in [0.1, 0.15) is 29.4 Å². The Balaban J connectivity index is 1.63. The van der Waals surface area contributed by atoms with Gasteiger partial charge in [-0.05, 0) is 36.0 Å². The zero-order valence-electron chi connectivity index (χ0n) is 14.0. The van der Waals surface area contributed by atoms with Crippen LogP contribution in [0.3, 0.4) is 0 Å². The van der Waals surface area contributed by atoms with E-state index >= 15 is 0 Å². The molecule has 4 aromatic rings. The van der Waals surface area contributed by atoms with E-state index in [0.717, 1.165) is 28.2 Å². The molecule has 0 amide bonds. The van der Waals surface area contributed by atoms with Crippen LogP contribution < -0.4 is 11.2 Å². The van der Waals surface area contributed by atoms with Gasteiger partial charge in [0.05, 0.1) is 11.3 Å². The van der Waals surface area contributed by atoms with Crippen molar-refractivity contribution in [1.29, 1.82) is 0 Å². The maximum absolute atomic E-state index is 12.2. The standard InChI is InChI=1S/C19H14ClN5O2/c20-15-4-2-1-3-10(15)11-7-12(11)13-8-16(24-25-6-5-21-17(13)25)14-9-22-19(27)23-18(14)26/h1-6,8-9,11-12H,7H2,(H2,22,23,26,27). The highest BCUT2D eigenvalue weighted by atomic mass is 35.5. The molecule has 1 aromatic carbocycles. The number of nitrogens with zero attached hydrogens (tertiary/aromatic N) is 3. The second kappa shape index (κ2) is 5.92. The predicted octanol–water partition coefficient (Wildman–Crippen LogP) is 2.70. The van der Waals surface area contributed by atoms with Crippen LogP contribution in [0.25, 0.3) is 16.9 Å². The molecule has 1 saturated carbocycles. The Bertz CT molecular complexity index is 1290. The number of rotatable bonds is 3. The molecule has 1 aliphatic carbocycles. The van der Waals surface area contributed by atoms with Crippen molar-refractivity contribution < 1.29 is 0 Å². The molecule has 0 spiro atoms. The van der Waals surface area contributed by atoms with Gasteiger partial charge in [-0.15, -0.1) is 0 Å². The Hall–Kier alpha value is -3.19. The molecule has 0 saturated heterocycles. The SMILES string of the molecule is O=c1[nH]cc(-c2cc(C3CC3c3ccccc3Cl)c3nccn3n2)c(=O)[nH]1. The first kappa shape index (κ1) is 16.0. The molecule has 5 rings (SSSR count). The third kappa shape index (κ3) is 2.67. The van der Waals surface area contributed by atoms with Crippen molar-refractivity contribution in [2.24, 2.45) is 0 Å². The van der Waals surface area contributed by atoms with Crippen molar-refractivity contribution in [2.75, 3.05) is 0 Å². The zero-order chi connectivity index (χ0) is 18.5. The molecule has 27 heavy (non-hydrogen) atoms.